The average molecular weight is 475 g/mol. The van der Waals surface area contributed by atoms with Gasteiger partial charge in [-0.2, -0.15) is 0 Å². The summed E-state index contributed by atoms with van der Waals surface area (Å²) in [6.07, 6.45) is 16.8. The highest BCUT2D eigenvalue weighted by atomic mass is 16.5. The molecule has 1 fully saturated rings. The van der Waals surface area contributed by atoms with Gasteiger partial charge in [-0.15, -0.1) is 0 Å². The molecule has 0 aliphatic carbocycles. The minimum atomic E-state index is -0.709. The summed E-state index contributed by atoms with van der Waals surface area (Å²) in [6.45, 7) is 6.01. The number of aliphatic hydroxyl groups is 1. The summed E-state index contributed by atoms with van der Waals surface area (Å²) in [6, 6.07) is 9.35. The Kier molecular flexibility index (Phi) is 16.0. The van der Waals surface area contributed by atoms with Crippen LogP contribution >= 0.6 is 0 Å². The van der Waals surface area contributed by atoms with Crippen LogP contribution in [0, 0.1) is 0 Å². The summed E-state index contributed by atoms with van der Waals surface area (Å²) in [5.74, 6) is 0.0521. The Morgan fingerprint density at radius 1 is 0.882 bits per heavy atom. The van der Waals surface area contributed by atoms with Crippen molar-refractivity contribution < 1.29 is 14.6 Å². The molecule has 5 heteroatoms. The molecule has 5 nitrogen and oxygen atoms in total. The van der Waals surface area contributed by atoms with Crippen molar-refractivity contribution in [3.8, 4) is 0 Å². The Morgan fingerprint density at radius 2 is 1.41 bits per heavy atom. The molecule has 0 radical (unpaired) electrons. The van der Waals surface area contributed by atoms with Gasteiger partial charge in [0.25, 0.3) is 0 Å². The van der Waals surface area contributed by atoms with Gasteiger partial charge in [0, 0.05) is 26.1 Å². The average Bonchev–Trinajstić information content (AvgIpc) is 2.87. The van der Waals surface area contributed by atoms with Gasteiger partial charge in [0.2, 0.25) is 5.91 Å². The molecule has 0 saturated carbocycles. The first-order valence-corrected chi connectivity index (χ1v) is 14.0. The molecule has 0 bridgehead atoms. The Balaban J connectivity index is 1.59. The number of carbonyl (C=O) groups is 1. The van der Waals surface area contributed by atoms with Gasteiger partial charge < -0.3 is 15.2 Å². The number of rotatable bonds is 19. The molecule has 1 saturated heterocycles. The first kappa shape index (κ1) is 28.8. The van der Waals surface area contributed by atoms with E-state index < -0.39 is 6.10 Å². The highest BCUT2D eigenvalue weighted by Gasteiger charge is 2.26. The fourth-order valence-electron chi connectivity index (χ4n) is 4.75. The van der Waals surface area contributed by atoms with Gasteiger partial charge in [-0.3, -0.25) is 9.69 Å². The molecule has 1 aliphatic heterocycles. The van der Waals surface area contributed by atoms with Crippen LogP contribution in [-0.4, -0.2) is 54.8 Å². The van der Waals surface area contributed by atoms with Crippen molar-refractivity contribution in [1.29, 1.82) is 0 Å². The third-order valence-corrected chi connectivity index (χ3v) is 6.93. The molecular formula is C29H50N2O3. The van der Waals surface area contributed by atoms with Crippen LogP contribution in [0.1, 0.15) is 108 Å². The number of carbonyl (C=O) groups excluding carboxylic acids is 1. The first-order chi connectivity index (χ1) is 16.7. The van der Waals surface area contributed by atoms with Crippen LogP contribution in [0.2, 0.25) is 0 Å². The molecule has 1 heterocycles. The number of nitrogens with one attached hydrogen (secondary N) is 1. The third kappa shape index (κ3) is 12.9. The number of benzene rings is 1. The second kappa shape index (κ2) is 18.8. The van der Waals surface area contributed by atoms with Gasteiger partial charge in [0.15, 0.2) is 0 Å². The highest BCUT2D eigenvalue weighted by molar-refractivity contribution is 5.76. The van der Waals surface area contributed by atoms with Crippen LogP contribution < -0.4 is 5.32 Å². The van der Waals surface area contributed by atoms with Crippen LogP contribution in [-0.2, 0) is 9.53 Å². The lowest BCUT2D eigenvalue weighted by molar-refractivity contribution is -0.123. The van der Waals surface area contributed by atoms with Crippen LogP contribution in [0.5, 0.6) is 0 Å². The van der Waals surface area contributed by atoms with E-state index in [1.165, 1.54) is 70.6 Å². The molecule has 0 spiro atoms. The fraction of sp³-hybridized carbons (Fsp3) is 0.759. The van der Waals surface area contributed by atoms with Crippen LogP contribution in [0.25, 0.3) is 0 Å². The van der Waals surface area contributed by atoms with Crippen LogP contribution in [0.15, 0.2) is 30.3 Å². The predicted octanol–water partition coefficient (Wildman–Crippen LogP) is 6.02. The number of nitrogens with zero attached hydrogens (tertiary/aromatic N) is 1. The lowest BCUT2D eigenvalue weighted by atomic mass is 10.0. The van der Waals surface area contributed by atoms with Crippen molar-refractivity contribution in [2.75, 3.05) is 32.8 Å². The molecule has 2 rings (SSSR count). The van der Waals surface area contributed by atoms with Crippen molar-refractivity contribution in [2.45, 2.75) is 109 Å². The number of amides is 1. The quantitative estimate of drug-likeness (QED) is 0.241. The molecule has 1 amide bonds. The van der Waals surface area contributed by atoms with E-state index in [1.807, 2.05) is 30.3 Å². The molecule has 2 atom stereocenters. The van der Waals surface area contributed by atoms with E-state index in [9.17, 15) is 9.90 Å². The van der Waals surface area contributed by atoms with E-state index >= 15 is 0 Å². The normalized spacial score (nSPS) is 16.3. The molecule has 34 heavy (non-hydrogen) atoms. The van der Waals surface area contributed by atoms with Crippen molar-refractivity contribution in [2.24, 2.45) is 0 Å². The first-order valence-electron chi connectivity index (χ1n) is 14.0. The Morgan fingerprint density at radius 3 is 1.97 bits per heavy atom. The molecule has 1 aromatic carbocycles. The number of hydrogen-bond acceptors (Lipinski definition) is 4. The van der Waals surface area contributed by atoms with Crippen molar-refractivity contribution >= 4 is 5.91 Å². The Hall–Kier alpha value is -1.43. The standard InChI is InChI=1S/C29H50N2O3/c1-2-3-4-5-6-7-8-9-10-11-12-13-17-20-28(32)30-27(25-31-21-23-34-24-22-31)29(33)26-18-15-14-16-19-26/h14-16,18-19,27,29,33H,2-13,17,20-25H2,1H3,(H,30,32)/t27-,29-/m0/s1. The third-order valence-electron chi connectivity index (χ3n) is 6.93. The predicted molar refractivity (Wildman–Crippen MR) is 141 cm³/mol. The smallest absolute Gasteiger partial charge is 0.220 e. The highest BCUT2D eigenvalue weighted by Crippen LogP contribution is 2.19. The van der Waals surface area contributed by atoms with E-state index in [0.717, 1.165) is 31.5 Å². The molecule has 0 aromatic heterocycles. The second-order valence-corrected chi connectivity index (χ2v) is 9.94. The van der Waals surface area contributed by atoms with E-state index in [0.29, 0.717) is 26.2 Å². The van der Waals surface area contributed by atoms with Gasteiger partial charge in [-0.1, -0.05) is 114 Å². The summed E-state index contributed by atoms with van der Waals surface area (Å²) in [4.78, 5) is 14.9. The van der Waals surface area contributed by atoms with E-state index in [-0.39, 0.29) is 11.9 Å². The van der Waals surface area contributed by atoms with Gasteiger partial charge >= 0.3 is 0 Å². The zero-order valence-electron chi connectivity index (χ0n) is 21.7. The van der Waals surface area contributed by atoms with E-state index in [1.54, 1.807) is 0 Å². The monoisotopic (exact) mass is 474 g/mol. The maximum atomic E-state index is 12.7. The topological polar surface area (TPSA) is 61.8 Å². The van der Waals surface area contributed by atoms with Crippen molar-refractivity contribution in [1.82, 2.24) is 10.2 Å². The summed E-state index contributed by atoms with van der Waals surface area (Å²) < 4.78 is 5.45. The summed E-state index contributed by atoms with van der Waals surface area (Å²) in [7, 11) is 0. The number of morpholine rings is 1. The van der Waals surface area contributed by atoms with Gasteiger partial charge in [0.05, 0.1) is 19.3 Å². The Bertz CT molecular complexity index is 619. The zero-order valence-corrected chi connectivity index (χ0v) is 21.7. The summed E-state index contributed by atoms with van der Waals surface area (Å²) in [5, 5.41) is 14.1. The van der Waals surface area contributed by atoms with Crippen LogP contribution in [0.4, 0.5) is 0 Å². The molecular weight excluding hydrogens is 424 g/mol. The minimum Gasteiger partial charge on any atom is -0.386 e. The summed E-state index contributed by atoms with van der Waals surface area (Å²) in [5.41, 5.74) is 0.849. The molecule has 2 N–H and O–H groups in total. The lowest BCUT2D eigenvalue weighted by Crippen LogP contribution is -2.49. The lowest BCUT2D eigenvalue weighted by Gasteiger charge is -2.33. The van der Waals surface area contributed by atoms with Crippen molar-refractivity contribution in [3.63, 3.8) is 0 Å². The van der Waals surface area contributed by atoms with Gasteiger partial charge in [-0.05, 0) is 12.0 Å². The number of unbranched alkanes of at least 4 members (excludes halogenated alkanes) is 12. The van der Waals surface area contributed by atoms with Crippen LogP contribution in [0.3, 0.4) is 0 Å². The largest absolute Gasteiger partial charge is 0.386 e. The SMILES string of the molecule is CCCCCCCCCCCCCCCC(=O)N[C@@H](CN1CCOCC1)[C@@H](O)c1ccccc1. The number of hydrogen-bond donors (Lipinski definition) is 2. The summed E-state index contributed by atoms with van der Waals surface area (Å²) >= 11 is 0. The fourth-order valence-corrected chi connectivity index (χ4v) is 4.75. The van der Waals surface area contributed by atoms with Gasteiger partial charge in [-0.25, -0.2) is 0 Å². The Labute approximate surface area is 208 Å². The van der Waals surface area contributed by atoms with E-state index in [4.69, 9.17) is 4.74 Å². The number of aliphatic hydroxyl groups excluding tert-OH is 1. The second-order valence-electron chi connectivity index (χ2n) is 9.94. The molecule has 1 aromatic rings. The maximum Gasteiger partial charge on any atom is 0.220 e. The zero-order chi connectivity index (χ0) is 24.3. The van der Waals surface area contributed by atoms with E-state index in [2.05, 4.69) is 17.1 Å². The minimum absolute atomic E-state index is 0.0521. The molecule has 194 valence electrons. The molecule has 1 aliphatic rings. The van der Waals surface area contributed by atoms with Gasteiger partial charge in [0.1, 0.15) is 6.10 Å². The molecule has 0 unspecified atom stereocenters. The van der Waals surface area contributed by atoms with Crippen molar-refractivity contribution in [3.05, 3.63) is 35.9 Å². The maximum absolute atomic E-state index is 12.7. The number of ether oxygens (including phenoxy) is 1.